The zero-order chi connectivity index (χ0) is 18.9. The Morgan fingerprint density at radius 3 is 1.89 bits per heavy atom. The van der Waals surface area contributed by atoms with Crippen molar-refractivity contribution in [2.45, 2.75) is 26.1 Å². The fourth-order valence-corrected chi connectivity index (χ4v) is 4.58. The number of carbonyl (C=O) groups is 2. The minimum Gasteiger partial charge on any atom is -0.338 e. The van der Waals surface area contributed by atoms with Gasteiger partial charge in [0.1, 0.15) is 0 Å². The molecule has 0 aromatic carbocycles. The third-order valence-electron chi connectivity index (χ3n) is 3.83. The lowest BCUT2D eigenvalue weighted by atomic mass is 10.3. The molecular formula is C19H21N3O2S3. The zero-order valence-electron chi connectivity index (χ0n) is 14.7. The molecule has 0 unspecified atom stereocenters. The maximum Gasteiger partial charge on any atom is 0.315 e. The highest BCUT2D eigenvalue weighted by Gasteiger charge is 2.16. The second kappa shape index (κ2) is 10.2. The van der Waals surface area contributed by atoms with E-state index in [0.717, 1.165) is 14.6 Å². The van der Waals surface area contributed by atoms with Crippen molar-refractivity contribution in [3.8, 4) is 0 Å². The summed E-state index contributed by atoms with van der Waals surface area (Å²) in [5.41, 5.74) is 0. The van der Waals surface area contributed by atoms with Crippen molar-refractivity contribution in [3.63, 3.8) is 0 Å². The summed E-state index contributed by atoms with van der Waals surface area (Å²) in [4.78, 5) is 29.8. The van der Waals surface area contributed by atoms with Gasteiger partial charge in [0.15, 0.2) is 0 Å². The van der Waals surface area contributed by atoms with E-state index in [1.54, 1.807) is 34.0 Å². The average molecular weight is 420 g/mol. The highest BCUT2D eigenvalue weighted by molar-refractivity contribution is 7.10. The molecule has 0 aliphatic carbocycles. The Labute approximate surface area is 170 Å². The van der Waals surface area contributed by atoms with Crippen LogP contribution in [0.5, 0.6) is 0 Å². The molecule has 0 atom stereocenters. The Hall–Kier alpha value is -2.16. The van der Waals surface area contributed by atoms with Crippen LogP contribution >= 0.6 is 34.0 Å². The van der Waals surface area contributed by atoms with Crippen LogP contribution in [0.4, 0.5) is 4.79 Å². The first-order chi connectivity index (χ1) is 13.2. The van der Waals surface area contributed by atoms with Crippen molar-refractivity contribution in [2.75, 3.05) is 6.54 Å². The summed E-state index contributed by atoms with van der Waals surface area (Å²) >= 11 is 4.89. The molecule has 0 aliphatic heterocycles. The molecule has 3 aromatic rings. The number of thiophene rings is 3. The van der Waals surface area contributed by atoms with E-state index in [2.05, 4.69) is 10.6 Å². The first kappa shape index (κ1) is 19.6. The second-order valence-corrected chi connectivity index (χ2v) is 8.94. The molecule has 0 radical (unpaired) electrons. The van der Waals surface area contributed by atoms with E-state index in [0.29, 0.717) is 26.2 Å². The van der Waals surface area contributed by atoms with E-state index in [9.17, 15) is 9.59 Å². The molecule has 0 saturated heterocycles. The van der Waals surface area contributed by atoms with Gasteiger partial charge in [0.2, 0.25) is 5.91 Å². The highest BCUT2D eigenvalue weighted by Crippen LogP contribution is 2.17. The van der Waals surface area contributed by atoms with Gasteiger partial charge in [-0.15, -0.1) is 34.0 Å². The molecule has 3 heterocycles. The Balaban J connectivity index is 1.45. The van der Waals surface area contributed by atoms with Crippen LogP contribution in [0.25, 0.3) is 0 Å². The lowest BCUT2D eigenvalue weighted by molar-refractivity contribution is -0.132. The van der Waals surface area contributed by atoms with Crippen molar-refractivity contribution in [1.82, 2.24) is 15.5 Å². The Bertz CT molecular complexity index is 778. The van der Waals surface area contributed by atoms with E-state index in [-0.39, 0.29) is 18.4 Å². The molecule has 5 nitrogen and oxygen atoms in total. The number of rotatable bonds is 9. The number of amides is 3. The van der Waals surface area contributed by atoms with Gasteiger partial charge in [0.25, 0.3) is 0 Å². The lowest BCUT2D eigenvalue weighted by Gasteiger charge is -2.21. The van der Waals surface area contributed by atoms with Crippen molar-refractivity contribution >= 4 is 45.9 Å². The van der Waals surface area contributed by atoms with E-state index >= 15 is 0 Å². The van der Waals surface area contributed by atoms with Gasteiger partial charge in [-0.1, -0.05) is 18.2 Å². The van der Waals surface area contributed by atoms with Crippen LogP contribution in [0.3, 0.4) is 0 Å². The minimum atomic E-state index is -0.251. The van der Waals surface area contributed by atoms with E-state index in [1.807, 2.05) is 57.4 Å². The minimum absolute atomic E-state index is 0.0374. The first-order valence-corrected chi connectivity index (χ1v) is 11.2. The van der Waals surface area contributed by atoms with Crippen LogP contribution in [0.2, 0.25) is 0 Å². The molecule has 0 bridgehead atoms. The second-order valence-electron chi connectivity index (χ2n) is 5.85. The zero-order valence-corrected chi connectivity index (χ0v) is 17.2. The molecule has 0 fully saturated rings. The number of carbonyl (C=O) groups excluding carboxylic acids is 2. The molecule has 3 aromatic heterocycles. The van der Waals surface area contributed by atoms with Gasteiger partial charge in [-0.05, 0) is 34.3 Å². The van der Waals surface area contributed by atoms with Gasteiger partial charge in [0.05, 0.1) is 19.6 Å². The SMILES string of the molecule is O=C(NCCC(=O)N(Cc1cccs1)Cc1cccs1)NCc1cccs1. The molecule has 0 aliphatic rings. The first-order valence-electron chi connectivity index (χ1n) is 8.57. The lowest BCUT2D eigenvalue weighted by Crippen LogP contribution is -2.38. The van der Waals surface area contributed by atoms with Crippen LogP contribution < -0.4 is 10.6 Å². The van der Waals surface area contributed by atoms with Crippen LogP contribution in [0, 0.1) is 0 Å². The monoisotopic (exact) mass is 419 g/mol. The smallest absolute Gasteiger partial charge is 0.315 e. The van der Waals surface area contributed by atoms with Gasteiger partial charge in [0, 0.05) is 27.6 Å². The maximum atomic E-state index is 12.7. The van der Waals surface area contributed by atoms with E-state index < -0.39 is 0 Å². The van der Waals surface area contributed by atoms with Gasteiger partial charge < -0.3 is 15.5 Å². The van der Waals surface area contributed by atoms with Gasteiger partial charge in [-0.2, -0.15) is 0 Å². The summed E-state index contributed by atoms with van der Waals surface area (Å²) < 4.78 is 0. The third-order valence-corrected chi connectivity index (χ3v) is 6.43. The molecular weight excluding hydrogens is 398 g/mol. The van der Waals surface area contributed by atoms with Gasteiger partial charge >= 0.3 is 6.03 Å². The number of urea groups is 1. The standard InChI is InChI=1S/C19H21N3O2S3/c23-18(7-8-20-19(24)21-12-15-4-1-9-25-15)22(13-16-5-2-10-26-16)14-17-6-3-11-27-17/h1-6,9-11H,7-8,12-14H2,(H2,20,21,24). The van der Waals surface area contributed by atoms with E-state index in [4.69, 9.17) is 0 Å². The van der Waals surface area contributed by atoms with Crippen LogP contribution in [-0.2, 0) is 24.4 Å². The number of nitrogens with one attached hydrogen (secondary N) is 2. The topological polar surface area (TPSA) is 61.4 Å². The van der Waals surface area contributed by atoms with Crippen LogP contribution in [-0.4, -0.2) is 23.4 Å². The fourth-order valence-electron chi connectivity index (χ4n) is 2.50. The summed E-state index contributed by atoms with van der Waals surface area (Å²) in [7, 11) is 0. The van der Waals surface area contributed by atoms with Gasteiger partial charge in [-0.3, -0.25) is 4.79 Å². The maximum absolute atomic E-state index is 12.7. The predicted molar refractivity (Wildman–Crippen MR) is 112 cm³/mol. The van der Waals surface area contributed by atoms with Crippen molar-refractivity contribution in [1.29, 1.82) is 0 Å². The summed E-state index contributed by atoms with van der Waals surface area (Å²) in [5, 5.41) is 11.6. The Morgan fingerprint density at radius 1 is 0.815 bits per heavy atom. The molecule has 27 heavy (non-hydrogen) atoms. The van der Waals surface area contributed by atoms with Crippen molar-refractivity contribution < 1.29 is 9.59 Å². The molecule has 142 valence electrons. The summed E-state index contributed by atoms with van der Waals surface area (Å²) in [6.07, 6.45) is 0.281. The molecule has 8 heteroatoms. The molecule has 3 rings (SSSR count). The normalized spacial score (nSPS) is 10.5. The molecule has 3 amide bonds. The van der Waals surface area contributed by atoms with Gasteiger partial charge in [-0.25, -0.2) is 4.79 Å². The molecule has 0 spiro atoms. The summed E-state index contributed by atoms with van der Waals surface area (Å²) in [5.74, 6) is 0.0374. The van der Waals surface area contributed by atoms with Crippen LogP contribution in [0.1, 0.15) is 21.1 Å². The third kappa shape index (κ3) is 6.50. The average Bonchev–Trinajstić information content (AvgIpc) is 3.42. The molecule has 0 saturated carbocycles. The summed E-state index contributed by atoms with van der Waals surface area (Å²) in [6.45, 7) is 2.01. The number of hydrogen-bond acceptors (Lipinski definition) is 5. The fraction of sp³-hybridized carbons (Fsp3) is 0.263. The number of hydrogen-bond donors (Lipinski definition) is 2. The van der Waals surface area contributed by atoms with Crippen molar-refractivity contribution in [2.24, 2.45) is 0 Å². The molecule has 2 N–H and O–H groups in total. The van der Waals surface area contributed by atoms with E-state index in [1.165, 1.54) is 0 Å². The Morgan fingerprint density at radius 2 is 1.37 bits per heavy atom. The summed E-state index contributed by atoms with van der Waals surface area (Å²) in [6, 6.07) is 11.7. The quantitative estimate of drug-likeness (QED) is 0.543. The van der Waals surface area contributed by atoms with Crippen molar-refractivity contribution in [3.05, 3.63) is 67.2 Å². The van der Waals surface area contributed by atoms with Crippen LogP contribution in [0.15, 0.2) is 52.5 Å². The number of nitrogens with zero attached hydrogens (tertiary/aromatic N) is 1. The highest BCUT2D eigenvalue weighted by atomic mass is 32.1. The largest absolute Gasteiger partial charge is 0.338 e. The Kier molecular flexibility index (Phi) is 7.44. The predicted octanol–water partition coefficient (Wildman–Crippen LogP) is 4.29.